The smallest absolute Gasteiger partial charge is 0.0223 e. The van der Waals surface area contributed by atoms with Gasteiger partial charge in [-0.2, -0.15) is 0 Å². The largest absolute Gasteiger partial charge is 0.313 e. The fourth-order valence-corrected chi connectivity index (χ4v) is 0.926. The molecule has 0 radical (unpaired) electrons. The molecule has 0 saturated carbocycles. The Morgan fingerprint density at radius 1 is 1.20 bits per heavy atom. The first kappa shape index (κ1) is 9.88. The van der Waals surface area contributed by atoms with Gasteiger partial charge in [0.05, 0.1) is 0 Å². The first-order chi connectivity index (χ1) is 4.85. The minimum Gasteiger partial charge on any atom is -0.313 e. The second-order valence-electron chi connectivity index (χ2n) is 2.42. The highest BCUT2D eigenvalue weighted by atomic mass is 15.2. The molecule has 0 aliphatic carbocycles. The Bertz CT molecular complexity index is 61.9. The van der Waals surface area contributed by atoms with E-state index in [9.17, 15) is 0 Å². The van der Waals surface area contributed by atoms with E-state index in [1.807, 2.05) is 0 Å². The van der Waals surface area contributed by atoms with Crippen LogP contribution in [-0.4, -0.2) is 19.1 Å². The van der Waals surface area contributed by atoms with Gasteiger partial charge in [0.25, 0.3) is 0 Å². The summed E-state index contributed by atoms with van der Waals surface area (Å²) in [4.78, 5) is 0. The monoisotopic (exact) mass is 145 g/mol. The van der Waals surface area contributed by atoms with Crippen molar-refractivity contribution in [2.24, 2.45) is 5.84 Å². The van der Waals surface area contributed by atoms with E-state index in [-0.39, 0.29) is 0 Å². The summed E-state index contributed by atoms with van der Waals surface area (Å²) >= 11 is 0. The summed E-state index contributed by atoms with van der Waals surface area (Å²) < 4.78 is 0. The lowest BCUT2D eigenvalue weighted by Gasteiger charge is -2.13. The summed E-state index contributed by atoms with van der Waals surface area (Å²) in [5.41, 5.74) is 2.61. The van der Waals surface area contributed by atoms with Crippen molar-refractivity contribution in [3.63, 3.8) is 0 Å². The molecule has 0 bridgehead atoms. The van der Waals surface area contributed by atoms with E-state index < -0.39 is 0 Å². The van der Waals surface area contributed by atoms with Crippen LogP contribution in [0.2, 0.25) is 0 Å². The topological polar surface area (TPSA) is 50.1 Å². The molecule has 10 heavy (non-hydrogen) atoms. The maximum Gasteiger partial charge on any atom is 0.0223 e. The molecule has 62 valence electrons. The molecule has 0 fully saturated rings. The first-order valence-corrected chi connectivity index (χ1v) is 4.02. The predicted molar refractivity (Wildman–Crippen MR) is 44.6 cm³/mol. The van der Waals surface area contributed by atoms with Gasteiger partial charge in [0.2, 0.25) is 0 Å². The van der Waals surface area contributed by atoms with Crippen molar-refractivity contribution in [2.75, 3.05) is 13.1 Å². The van der Waals surface area contributed by atoms with Gasteiger partial charge in [0.15, 0.2) is 0 Å². The Kier molecular flexibility index (Phi) is 6.91. The van der Waals surface area contributed by atoms with E-state index in [1.54, 1.807) is 0 Å². The maximum atomic E-state index is 5.11. The van der Waals surface area contributed by atoms with Gasteiger partial charge in [0.1, 0.15) is 0 Å². The van der Waals surface area contributed by atoms with E-state index in [0.717, 1.165) is 13.1 Å². The quantitative estimate of drug-likeness (QED) is 0.285. The molecule has 0 saturated heterocycles. The number of nitrogens with one attached hydrogen (secondary N) is 2. The lowest BCUT2D eigenvalue weighted by atomic mass is 10.2. The maximum absolute atomic E-state index is 5.11. The average molecular weight is 145 g/mol. The van der Waals surface area contributed by atoms with Gasteiger partial charge in [-0.25, -0.2) is 0 Å². The average Bonchev–Trinajstić information content (AvgIpc) is 1.99. The molecule has 0 rings (SSSR count). The molecule has 0 unspecified atom stereocenters. The molecule has 0 aliphatic heterocycles. The Labute approximate surface area is 63.3 Å². The molecule has 3 heteroatoms. The van der Waals surface area contributed by atoms with Crippen molar-refractivity contribution in [2.45, 2.75) is 32.7 Å². The van der Waals surface area contributed by atoms with Gasteiger partial charge >= 0.3 is 0 Å². The molecule has 0 atom stereocenters. The van der Waals surface area contributed by atoms with Crippen molar-refractivity contribution < 1.29 is 0 Å². The number of hydrogen-bond acceptors (Lipinski definition) is 3. The minimum absolute atomic E-state index is 0.661. The number of nitrogens with two attached hydrogens (primary N) is 1. The van der Waals surface area contributed by atoms with Gasteiger partial charge in [0, 0.05) is 19.1 Å². The van der Waals surface area contributed by atoms with Crippen LogP contribution < -0.4 is 16.6 Å². The van der Waals surface area contributed by atoms with Crippen molar-refractivity contribution in [3.05, 3.63) is 0 Å². The van der Waals surface area contributed by atoms with Crippen molar-refractivity contribution in [3.8, 4) is 0 Å². The van der Waals surface area contributed by atoms with E-state index in [4.69, 9.17) is 5.84 Å². The van der Waals surface area contributed by atoms with Crippen molar-refractivity contribution >= 4 is 0 Å². The molecule has 0 aromatic carbocycles. The normalized spacial score (nSPS) is 10.8. The van der Waals surface area contributed by atoms with Gasteiger partial charge in [-0.3, -0.25) is 11.3 Å². The molecule has 4 N–H and O–H groups in total. The van der Waals surface area contributed by atoms with Crippen LogP contribution in [-0.2, 0) is 0 Å². The van der Waals surface area contributed by atoms with Crippen LogP contribution in [0.25, 0.3) is 0 Å². The molecule has 0 aromatic heterocycles. The van der Waals surface area contributed by atoms with E-state index in [2.05, 4.69) is 24.6 Å². The summed E-state index contributed by atoms with van der Waals surface area (Å²) in [7, 11) is 0. The van der Waals surface area contributed by atoms with Crippen LogP contribution in [0.4, 0.5) is 0 Å². The molecular formula is C7H19N3. The fourth-order valence-electron chi connectivity index (χ4n) is 0.926. The summed E-state index contributed by atoms with van der Waals surface area (Å²) in [6.45, 7) is 6.19. The third-order valence-corrected chi connectivity index (χ3v) is 1.69. The van der Waals surface area contributed by atoms with E-state index in [1.165, 1.54) is 12.8 Å². The van der Waals surface area contributed by atoms with Gasteiger partial charge in [-0.05, 0) is 12.8 Å². The zero-order valence-electron chi connectivity index (χ0n) is 6.98. The summed E-state index contributed by atoms with van der Waals surface area (Å²) in [6, 6.07) is 0.661. The minimum atomic E-state index is 0.661. The van der Waals surface area contributed by atoms with E-state index in [0.29, 0.717) is 6.04 Å². The van der Waals surface area contributed by atoms with Crippen molar-refractivity contribution in [1.82, 2.24) is 10.7 Å². The molecular weight excluding hydrogens is 126 g/mol. The third kappa shape index (κ3) is 4.73. The fraction of sp³-hybridized carbons (Fsp3) is 1.00. The van der Waals surface area contributed by atoms with Crippen LogP contribution in [0.1, 0.15) is 26.7 Å². The van der Waals surface area contributed by atoms with Crippen LogP contribution >= 0.6 is 0 Å². The molecule has 3 nitrogen and oxygen atoms in total. The zero-order chi connectivity index (χ0) is 7.82. The Hall–Kier alpha value is -0.120. The summed E-state index contributed by atoms with van der Waals surface area (Å²) in [5, 5.41) is 3.38. The molecule has 0 spiro atoms. The predicted octanol–water partition coefficient (Wildman–Crippen LogP) is 0.228. The van der Waals surface area contributed by atoms with Crippen molar-refractivity contribution in [1.29, 1.82) is 0 Å². The Balaban J connectivity index is 3.09. The lowest BCUT2D eigenvalue weighted by Crippen LogP contribution is -2.36. The standard InChI is InChI=1S/C7H19N3/c1-3-7(4-2)9-5-6-10-8/h7,9-10H,3-6,8H2,1-2H3. The molecule has 0 heterocycles. The van der Waals surface area contributed by atoms with Crippen LogP contribution in [0.5, 0.6) is 0 Å². The molecule has 0 amide bonds. The highest BCUT2D eigenvalue weighted by Crippen LogP contribution is 1.93. The second kappa shape index (κ2) is 6.99. The van der Waals surface area contributed by atoms with Gasteiger partial charge in [-0.1, -0.05) is 13.8 Å². The Morgan fingerprint density at radius 3 is 2.20 bits per heavy atom. The van der Waals surface area contributed by atoms with Crippen LogP contribution in [0.15, 0.2) is 0 Å². The first-order valence-electron chi connectivity index (χ1n) is 4.02. The summed E-state index contributed by atoms with van der Waals surface area (Å²) in [6.07, 6.45) is 2.39. The molecule has 0 aromatic rings. The molecule has 0 aliphatic rings. The Morgan fingerprint density at radius 2 is 1.80 bits per heavy atom. The highest BCUT2D eigenvalue weighted by Gasteiger charge is 1.98. The SMILES string of the molecule is CCC(CC)NCCNN. The van der Waals surface area contributed by atoms with Gasteiger partial charge < -0.3 is 5.32 Å². The highest BCUT2D eigenvalue weighted by molar-refractivity contribution is 4.61. The number of rotatable bonds is 6. The van der Waals surface area contributed by atoms with Crippen LogP contribution in [0, 0.1) is 0 Å². The number of hydrazine groups is 1. The summed E-state index contributed by atoms with van der Waals surface area (Å²) in [5.74, 6) is 5.11. The van der Waals surface area contributed by atoms with Crippen LogP contribution in [0.3, 0.4) is 0 Å². The van der Waals surface area contributed by atoms with E-state index >= 15 is 0 Å². The number of hydrogen-bond donors (Lipinski definition) is 3. The lowest BCUT2D eigenvalue weighted by molar-refractivity contribution is 0.478. The van der Waals surface area contributed by atoms with Gasteiger partial charge in [-0.15, -0.1) is 0 Å². The zero-order valence-corrected chi connectivity index (χ0v) is 6.98. The second-order valence-corrected chi connectivity index (χ2v) is 2.42. The third-order valence-electron chi connectivity index (χ3n) is 1.69.